The van der Waals surface area contributed by atoms with Gasteiger partial charge < -0.3 is 9.73 Å². The van der Waals surface area contributed by atoms with E-state index in [0.29, 0.717) is 31.7 Å². The average molecular weight is 319 g/mol. The molecule has 22 heavy (non-hydrogen) atoms. The Labute approximate surface area is 126 Å². The summed E-state index contributed by atoms with van der Waals surface area (Å²) in [6, 6.07) is -0.132. The predicted octanol–water partition coefficient (Wildman–Crippen LogP) is 2.38. The molecule has 1 atom stereocenters. The number of hydrogen-bond donors (Lipinski definition) is 1. The number of nitrogens with zero attached hydrogens (tertiary/aromatic N) is 2. The van der Waals surface area contributed by atoms with Gasteiger partial charge in [-0.25, -0.2) is 4.98 Å². The predicted molar refractivity (Wildman–Crippen MR) is 73.4 cm³/mol. The van der Waals surface area contributed by atoms with Gasteiger partial charge in [-0.1, -0.05) is 0 Å². The molecule has 1 aromatic heterocycles. The number of amides is 1. The Balaban J connectivity index is 1.80. The standard InChI is InChI=1S/C14H20F3N3O2/c1-9-7-18-13(22-9)12(21)19-10(2)11-3-5-20(6-4-11)8-14(15,16)17/h7,10-11H,3-6,8H2,1-2H3,(H,19,21). The normalized spacial score (nSPS) is 19.1. The SMILES string of the molecule is Cc1cnc(C(=O)NC(C)C2CCN(CC(F)(F)F)CC2)o1. The van der Waals surface area contributed by atoms with Crippen LogP contribution in [-0.2, 0) is 0 Å². The van der Waals surface area contributed by atoms with Gasteiger partial charge in [-0.05, 0) is 45.7 Å². The zero-order valence-corrected chi connectivity index (χ0v) is 12.6. The van der Waals surface area contributed by atoms with Crippen molar-refractivity contribution in [2.45, 2.75) is 38.9 Å². The summed E-state index contributed by atoms with van der Waals surface area (Å²) in [5.41, 5.74) is 0. The summed E-state index contributed by atoms with van der Waals surface area (Å²) in [4.78, 5) is 17.2. The Morgan fingerprint density at radius 2 is 2.14 bits per heavy atom. The van der Waals surface area contributed by atoms with Crippen molar-refractivity contribution in [1.29, 1.82) is 0 Å². The van der Waals surface area contributed by atoms with Gasteiger partial charge in [-0.15, -0.1) is 0 Å². The van der Waals surface area contributed by atoms with Crippen molar-refractivity contribution in [3.05, 3.63) is 17.8 Å². The number of nitrogens with one attached hydrogen (secondary N) is 1. The van der Waals surface area contributed by atoms with Crippen LogP contribution in [0, 0.1) is 12.8 Å². The van der Waals surface area contributed by atoms with E-state index in [9.17, 15) is 18.0 Å². The van der Waals surface area contributed by atoms with E-state index in [2.05, 4.69) is 10.3 Å². The van der Waals surface area contributed by atoms with Crippen molar-refractivity contribution >= 4 is 5.91 Å². The maximum Gasteiger partial charge on any atom is 0.401 e. The van der Waals surface area contributed by atoms with Crippen molar-refractivity contribution in [1.82, 2.24) is 15.2 Å². The molecule has 5 nitrogen and oxygen atoms in total. The van der Waals surface area contributed by atoms with Gasteiger partial charge in [-0.2, -0.15) is 13.2 Å². The second kappa shape index (κ2) is 6.68. The van der Waals surface area contributed by atoms with E-state index in [0.717, 1.165) is 0 Å². The molecule has 0 saturated carbocycles. The number of alkyl halides is 3. The van der Waals surface area contributed by atoms with Crippen LogP contribution in [0.5, 0.6) is 0 Å². The molecule has 1 aromatic rings. The van der Waals surface area contributed by atoms with Crippen LogP contribution in [-0.4, -0.2) is 47.6 Å². The van der Waals surface area contributed by atoms with Crippen LogP contribution in [0.25, 0.3) is 0 Å². The molecule has 1 fully saturated rings. The second-order valence-corrected chi connectivity index (χ2v) is 5.77. The van der Waals surface area contributed by atoms with Crippen LogP contribution in [0.2, 0.25) is 0 Å². The highest BCUT2D eigenvalue weighted by Gasteiger charge is 2.33. The monoisotopic (exact) mass is 319 g/mol. The van der Waals surface area contributed by atoms with E-state index >= 15 is 0 Å². The highest BCUT2D eigenvalue weighted by Crippen LogP contribution is 2.24. The number of likely N-dealkylation sites (tertiary alicyclic amines) is 1. The number of carbonyl (C=O) groups excluding carboxylic acids is 1. The van der Waals surface area contributed by atoms with Crippen LogP contribution in [0.15, 0.2) is 10.6 Å². The molecular weight excluding hydrogens is 299 g/mol. The zero-order chi connectivity index (χ0) is 16.3. The lowest BCUT2D eigenvalue weighted by Crippen LogP contribution is -2.46. The maximum atomic E-state index is 12.3. The largest absolute Gasteiger partial charge is 0.438 e. The van der Waals surface area contributed by atoms with Gasteiger partial charge in [-0.3, -0.25) is 9.69 Å². The number of hydrogen-bond acceptors (Lipinski definition) is 4. The summed E-state index contributed by atoms with van der Waals surface area (Å²) in [7, 11) is 0. The van der Waals surface area contributed by atoms with Crippen LogP contribution >= 0.6 is 0 Å². The topological polar surface area (TPSA) is 58.4 Å². The summed E-state index contributed by atoms with van der Waals surface area (Å²) in [6.45, 7) is 3.47. The Bertz CT molecular complexity index is 508. The van der Waals surface area contributed by atoms with E-state index in [-0.39, 0.29) is 17.9 Å². The maximum absolute atomic E-state index is 12.3. The van der Waals surface area contributed by atoms with Crippen molar-refractivity contribution in [2.75, 3.05) is 19.6 Å². The Morgan fingerprint density at radius 3 is 2.64 bits per heavy atom. The molecule has 0 bridgehead atoms. The van der Waals surface area contributed by atoms with E-state index in [1.165, 1.54) is 11.1 Å². The fraction of sp³-hybridized carbons (Fsp3) is 0.714. The average Bonchev–Trinajstić information content (AvgIpc) is 2.84. The molecule has 1 aliphatic heterocycles. The van der Waals surface area contributed by atoms with Crippen molar-refractivity contribution in [3.63, 3.8) is 0 Å². The third kappa shape index (κ3) is 4.72. The fourth-order valence-electron chi connectivity index (χ4n) is 2.71. The minimum Gasteiger partial charge on any atom is -0.438 e. The van der Waals surface area contributed by atoms with E-state index in [1.807, 2.05) is 6.92 Å². The third-order valence-electron chi connectivity index (χ3n) is 3.92. The Morgan fingerprint density at radius 1 is 1.50 bits per heavy atom. The molecule has 0 aromatic carbocycles. The quantitative estimate of drug-likeness (QED) is 0.926. The first-order valence-corrected chi connectivity index (χ1v) is 7.27. The molecule has 1 N–H and O–H groups in total. The second-order valence-electron chi connectivity index (χ2n) is 5.77. The summed E-state index contributed by atoms with van der Waals surface area (Å²) < 4.78 is 42.2. The minimum atomic E-state index is -4.16. The number of oxazole rings is 1. The first kappa shape index (κ1) is 16.8. The molecule has 8 heteroatoms. The highest BCUT2D eigenvalue weighted by atomic mass is 19.4. The lowest BCUT2D eigenvalue weighted by molar-refractivity contribution is -0.148. The van der Waals surface area contributed by atoms with E-state index < -0.39 is 18.6 Å². The van der Waals surface area contributed by atoms with Gasteiger partial charge in [0.25, 0.3) is 5.89 Å². The number of piperidine rings is 1. The summed E-state index contributed by atoms with van der Waals surface area (Å²) in [5, 5.41) is 2.81. The lowest BCUT2D eigenvalue weighted by atomic mass is 9.90. The molecule has 1 saturated heterocycles. The van der Waals surface area contributed by atoms with Gasteiger partial charge in [0.2, 0.25) is 0 Å². The zero-order valence-electron chi connectivity index (χ0n) is 12.6. The molecule has 0 radical (unpaired) electrons. The molecule has 0 spiro atoms. The molecule has 1 aliphatic rings. The van der Waals surface area contributed by atoms with Gasteiger partial charge in [0.15, 0.2) is 0 Å². The molecule has 1 unspecified atom stereocenters. The van der Waals surface area contributed by atoms with Crippen molar-refractivity contribution in [3.8, 4) is 0 Å². The van der Waals surface area contributed by atoms with Crippen LogP contribution in [0.1, 0.15) is 36.2 Å². The number of rotatable bonds is 4. The van der Waals surface area contributed by atoms with Gasteiger partial charge >= 0.3 is 12.1 Å². The van der Waals surface area contributed by atoms with Crippen molar-refractivity contribution in [2.24, 2.45) is 5.92 Å². The molecule has 2 heterocycles. The number of carbonyl (C=O) groups is 1. The van der Waals surface area contributed by atoms with Gasteiger partial charge in [0.1, 0.15) is 5.76 Å². The smallest absolute Gasteiger partial charge is 0.401 e. The molecular formula is C14H20F3N3O2. The lowest BCUT2D eigenvalue weighted by Gasteiger charge is -2.35. The summed E-state index contributed by atoms with van der Waals surface area (Å²) in [6.07, 6.45) is -1.44. The van der Waals surface area contributed by atoms with Crippen LogP contribution < -0.4 is 5.32 Å². The molecule has 0 aliphatic carbocycles. The first-order chi connectivity index (χ1) is 10.2. The molecule has 2 rings (SSSR count). The van der Waals surface area contributed by atoms with E-state index in [4.69, 9.17) is 4.42 Å². The fourth-order valence-corrected chi connectivity index (χ4v) is 2.71. The Kier molecular flexibility index (Phi) is 5.10. The van der Waals surface area contributed by atoms with Gasteiger partial charge in [0.05, 0.1) is 12.7 Å². The van der Waals surface area contributed by atoms with Gasteiger partial charge in [0, 0.05) is 6.04 Å². The first-order valence-electron chi connectivity index (χ1n) is 7.27. The number of aromatic nitrogens is 1. The van der Waals surface area contributed by atoms with Crippen LogP contribution in [0.3, 0.4) is 0 Å². The number of halogens is 3. The van der Waals surface area contributed by atoms with Crippen molar-refractivity contribution < 1.29 is 22.4 Å². The molecule has 124 valence electrons. The Hall–Kier alpha value is -1.57. The summed E-state index contributed by atoms with van der Waals surface area (Å²) in [5.74, 6) is 0.333. The van der Waals surface area contributed by atoms with E-state index in [1.54, 1.807) is 6.92 Å². The third-order valence-corrected chi connectivity index (χ3v) is 3.92. The number of aryl methyl sites for hydroxylation is 1. The molecule has 1 amide bonds. The highest BCUT2D eigenvalue weighted by molar-refractivity contribution is 5.89. The van der Waals surface area contributed by atoms with Crippen LogP contribution in [0.4, 0.5) is 13.2 Å². The summed E-state index contributed by atoms with van der Waals surface area (Å²) >= 11 is 0. The minimum absolute atomic E-state index is 0.0128.